The molecule has 2 aliphatic heterocycles. The zero-order valence-corrected chi connectivity index (χ0v) is 23.5. The van der Waals surface area contributed by atoms with Crippen LogP contribution in [-0.4, -0.2) is 53.0 Å². The predicted molar refractivity (Wildman–Crippen MR) is 134 cm³/mol. The highest BCUT2D eigenvalue weighted by molar-refractivity contribution is 9.10. The van der Waals surface area contributed by atoms with Gasteiger partial charge < -0.3 is 24.1 Å². The molecule has 4 aliphatic carbocycles. The van der Waals surface area contributed by atoms with E-state index in [1.54, 1.807) is 0 Å². The number of halogens is 1. The molecule has 6 atom stereocenters. The maximum atomic E-state index is 12.2. The maximum absolute atomic E-state index is 12.2. The fourth-order valence-electron chi connectivity index (χ4n) is 8.90. The maximum Gasteiger partial charge on any atom is 0.173 e. The molecule has 0 aromatic carbocycles. The first-order valence-corrected chi connectivity index (χ1v) is 14.5. The van der Waals surface area contributed by atoms with Crippen LogP contribution in [0.3, 0.4) is 0 Å². The van der Waals surface area contributed by atoms with Crippen LogP contribution in [0, 0.1) is 34.0 Å². The van der Waals surface area contributed by atoms with Crippen LogP contribution in [0.25, 0.3) is 0 Å². The monoisotopic (exact) mass is 540 g/mol. The van der Waals surface area contributed by atoms with Crippen molar-refractivity contribution >= 4 is 15.9 Å². The van der Waals surface area contributed by atoms with Crippen LogP contribution < -0.4 is 0 Å². The van der Waals surface area contributed by atoms with Gasteiger partial charge in [0.15, 0.2) is 11.6 Å². The van der Waals surface area contributed by atoms with Gasteiger partial charge in [-0.1, -0.05) is 50.5 Å². The second-order valence-electron chi connectivity index (χ2n) is 14.6. The molecule has 0 unspecified atom stereocenters. The Morgan fingerprint density at radius 2 is 1.26 bits per heavy atom. The van der Waals surface area contributed by atoms with Crippen molar-refractivity contribution in [2.75, 3.05) is 26.4 Å². The summed E-state index contributed by atoms with van der Waals surface area (Å²) < 4.78 is 25.7. The molecule has 2 saturated heterocycles. The van der Waals surface area contributed by atoms with Gasteiger partial charge in [0.2, 0.25) is 0 Å². The van der Waals surface area contributed by atoms with Gasteiger partial charge in [-0.2, -0.15) is 0 Å². The first-order valence-electron chi connectivity index (χ1n) is 13.7. The van der Waals surface area contributed by atoms with E-state index in [0.29, 0.717) is 37.4 Å². The molecule has 4 saturated carbocycles. The molecule has 2 spiro atoms. The number of ether oxygens (including phenoxy) is 4. The van der Waals surface area contributed by atoms with E-state index in [1.165, 1.54) is 6.42 Å². The Hall–Kier alpha value is 0.280. The van der Waals surface area contributed by atoms with Crippen molar-refractivity contribution in [1.82, 2.24) is 0 Å². The van der Waals surface area contributed by atoms with E-state index >= 15 is 0 Å². The summed E-state index contributed by atoms with van der Waals surface area (Å²) in [7, 11) is 0. The molecule has 0 amide bonds. The van der Waals surface area contributed by atoms with Crippen LogP contribution in [0.5, 0.6) is 0 Å². The molecule has 194 valence electrons. The molecule has 34 heavy (non-hydrogen) atoms. The molecular weight excluding hydrogens is 496 g/mol. The van der Waals surface area contributed by atoms with Gasteiger partial charge in [-0.3, -0.25) is 0 Å². The molecular formula is C28H45BrO5. The topological polar surface area (TPSA) is 57.2 Å². The number of rotatable bonds is 0. The van der Waals surface area contributed by atoms with E-state index in [0.717, 1.165) is 58.2 Å². The Morgan fingerprint density at radius 1 is 0.676 bits per heavy atom. The summed E-state index contributed by atoms with van der Waals surface area (Å²) in [5.74, 6) is 0.618. The largest absolute Gasteiger partial charge is 0.388 e. The van der Waals surface area contributed by atoms with Crippen molar-refractivity contribution in [2.45, 2.75) is 114 Å². The standard InChI is InChI=1S/C28H45BrO5/c1-22(2)15-31-26(32-16-22)12-13-27(29)21-7-9-24(5)20(19(21)6-10-25(27,30)14-26)8-11-28(24)33-17-23(3,4)18-34-28/h19-21,30H,6-18H2,1-5H3/t19-,20-,21-,24-,25+,27-/m0/s1. The predicted octanol–water partition coefficient (Wildman–Crippen LogP) is 5.81. The Kier molecular flexibility index (Phi) is 5.38. The Bertz CT molecular complexity index is 823. The van der Waals surface area contributed by atoms with E-state index in [1.807, 2.05) is 0 Å². The average molecular weight is 542 g/mol. The number of fused-ring (bicyclic) bond motifs is 6. The third-order valence-corrected chi connectivity index (χ3v) is 12.7. The first kappa shape index (κ1) is 24.6. The lowest BCUT2D eigenvalue weighted by Gasteiger charge is -2.65. The van der Waals surface area contributed by atoms with E-state index in [4.69, 9.17) is 18.9 Å². The molecule has 0 bridgehead atoms. The highest BCUT2D eigenvalue weighted by Crippen LogP contribution is 2.70. The fraction of sp³-hybridized carbons (Fsp3) is 1.00. The zero-order valence-electron chi connectivity index (χ0n) is 21.9. The summed E-state index contributed by atoms with van der Waals surface area (Å²) in [5.41, 5.74) is -0.603. The lowest BCUT2D eigenvalue weighted by Crippen LogP contribution is -2.69. The lowest BCUT2D eigenvalue weighted by molar-refractivity contribution is -0.351. The second kappa shape index (κ2) is 7.44. The summed E-state index contributed by atoms with van der Waals surface area (Å²) >= 11 is 4.24. The second-order valence-corrected chi connectivity index (χ2v) is 16.0. The third-order valence-electron chi connectivity index (χ3n) is 11.0. The van der Waals surface area contributed by atoms with Gasteiger partial charge >= 0.3 is 0 Å². The Balaban J connectivity index is 1.23. The molecule has 1 N–H and O–H groups in total. The van der Waals surface area contributed by atoms with Gasteiger partial charge in [-0.15, -0.1) is 0 Å². The average Bonchev–Trinajstić information content (AvgIpc) is 3.06. The van der Waals surface area contributed by atoms with Crippen molar-refractivity contribution in [3.05, 3.63) is 0 Å². The van der Waals surface area contributed by atoms with E-state index in [9.17, 15) is 5.11 Å². The van der Waals surface area contributed by atoms with Crippen molar-refractivity contribution in [3.63, 3.8) is 0 Å². The molecule has 5 nitrogen and oxygen atoms in total. The molecule has 6 rings (SSSR count). The number of alkyl halides is 1. The van der Waals surface area contributed by atoms with Crippen LogP contribution in [0.15, 0.2) is 0 Å². The lowest BCUT2D eigenvalue weighted by atomic mass is 9.48. The van der Waals surface area contributed by atoms with Crippen LogP contribution in [-0.2, 0) is 18.9 Å². The molecule has 0 aromatic heterocycles. The van der Waals surface area contributed by atoms with Crippen LogP contribution in [0.2, 0.25) is 0 Å². The minimum Gasteiger partial charge on any atom is -0.388 e. The smallest absolute Gasteiger partial charge is 0.173 e. The summed E-state index contributed by atoms with van der Waals surface area (Å²) in [6.07, 6.45) is 8.62. The van der Waals surface area contributed by atoms with Crippen LogP contribution in [0.1, 0.15) is 92.4 Å². The Labute approximate surface area is 214 Å². The van der Waals surface area contributed by atoms with Crippen LogP contribution in [0.4, 0.5) is 0 Å². The van der Waals surface area contributed by atoms with Gasteiger partial charge in [0.1, 0.15) is 0 Å². The van der Waals surface area contributed by atoms with Crippen molar-refractivity contribution < 1.29 is 24.1 Å². The minimum atomic E-state index is -0.792. The normalized spacial score (nSPS) is 50.4. The molecule has 6 heteroatoms. The molecule has 0 aromatic rings. The molecule has 0 radical (unpaired) electrons. The summed E-state index contributed by atoms with van der Waals surface area (Å²) in [5, 5.41) is 12.2. The van der Waals surface area contributed by atoms with E-state index < -0.39 is 17.2 Å². The van der Waals surface area contributed by atoms with E-state index in [-0.39, 0.29) is 20.6 Å². The Morgan fingerprint density at radius 3 is 1.91 bits per heavy atom. The van der Waals surface area contributed by atoms with Crippen molar-refractivity contribution in [1.29, 1.82) is 0 Å². The van der Waals surface area contributed by atoms with Crippen molar-refractivity contribution in [3.8, 4) is 0 Å². The number of aliphatic hydroxyl groups is 1. The highest BCUT2D eigenvalue weighted by atomic mass is 79.9. The highest BCUT2D eigenvalue weighted by Gasteiger charge is 2.71. The molecule has 2 heterocycles. The summed E-state index contributed by atoms with van der Waals surface area (Å²) in [4.78, 5) is 0. The SMILES string of the molecule is CC1(C)COC2(CC[C@]3(Br)[C@H]4CC[C@@]5(C)[C@@H](CCC56OCC(C)(C)CO6)[C@@H]4CC[C@@]3(O)C2)OC1. The van der Waals surface area contributed by atoms with Crippen molar-refractivity contribution in [2.24, 2.45) is 34.0 Å². The summed E-state index contributed by atoms with van der Waals surface area (Å²) in [6.45, 7) is 14.2. The molecule has 6 fully saturated rings. The van der Waals surface area contributed by atoms with Gasteiger partial charge in [-0.25, -0.2) is 0 Å². The quantitative estimate of drug-likeness (QED) is 0.393. The van der Waals surface area contributed by atoms with Crippen LogP contribution >= 0.6 is 15.9 Å². The minimum absolute atomic E-state index is 0.0409. The van der Waals surface area contributed by atoms with Gasteiger partial charge in [-0.05, 0) is 56.3 Å². The molecule has 6 aliphatic rings. The third kappa shape index (κ3) is 3.34. The van der Waals surface area contributed by atoms with Gasteiger partial charge in [0.25, 0.3) is 0 Å². The number of hydrogen-bond donors (Lipinski definition) is 1. The first-order chi connectivity index (χ1) is 15.8. The number of hydrogen-bond acceptors (Lipinski definition) is 5. The zero-order chi connectivity index (χ0) is 24.3. The van der Waals surface area contributed by atoms with E-state index in [2.05, 4.69) is 50.5 Å². The fourth-order valence-corrected chi connectivity index (χ4v) is 10.0. The summed E-state index contributed by atoms with van der Waals surface area (Å²) in [6, 6.07) is 0. The van der Waals surface area contributed by atoms with Gasteiger partial charge in [0.05, 0.1) is 36.4 Å². The van der Waals surface area contributed by atoms with Gasteiger partial charge in [0, 0.05) is 35.5 Å².